The molecule has 3 amide bonds. The molecule has 13 N–H and O–H groups in total. The maximum absolute atomic E-state index is 12.6. The summed E-state index contributed by atoms with van der Waals surface area (Å²) in [4.78, 5) is 51.5. The molecule has 3 atom stereocenters. The number of nitrogens with zero attached hydrogens (tertiary/aromatic N) is 1. The van der Waals surface area contributed by atoms with Gasteiger partial charge in [0.15, 0.2) is 5.96 Å². The lowest BCUT2D eigenvalue weighted by Gasteiger charge is -2.21. The number of carboxylic acid groups (broad SMARTS) is 1. The fraction of sp³-hybridized carbons (Fsp3) is 0.706. The maximum Gasteiger partial charge on any atom is 0.326 e. The minimum atomic E-state index is -1.21. The number of nitrogens with two attached hydrogens (primary N) is 4. The zero-order valence-electron chi connectivity index (χ0n) is 17.4. The van der Waals surface area contributed by atoms with Gasteiger partial charge in [0.1, 0.15) is 18.1 Å². The highest BCUT2D eigenvalue weighted by Gasteiger charge is 2.26. The third-order valence-electron chi connectivity index (χ3n) is 4.12. The number of rotatable bonds is 16. The van der Waals surface area contributed by atoms with Crippen molar-refractivity contribution in [2.45, 2.75) is 50.2 Å². The molecule has 0 radical (unpaired) electrons. The van der Waals surface area contributed by atoms with Crippen molar-refractivity contribution in [2.75, 3.05) is 26.2 Å². The van der Waals surface area contributed by atoms with Gasteiger partial charge in [-0.05, 0) is 38.6 Å². The van der Waals surface area contributed by atoms with Gasteiger partial charge in [-0.2, -0.15) is 0 Å². The van der Waals surface area contributed by atoms with Crippen LogP contribution in [-0.2, 0) is 19.2 Å². The third-order valence-corrected chi connectivity index (χ3v) is 4.12. The second-order valence-corrected chi connectivity index (χ2v) is 6.76. The molecule has 31 heavy (non-hydrogen) atoms. The summed E-state index contributed by atoms with van der Waals surface area (Å²) in [6.07, 6.45) is 1.74. The molecular formula is C17H34N8O6. The number of amides is 3. The summed E-state index contributed by atoms with van der Waals surface area (Å²) in [6.45, 7) is -0.481. The molecule has 0 aromatic rings. The lowest BCUT2D eigenvalue weighted by atomic mass is 10.1. The predicted octanol–water partition coefficient (Wildman–Crippen LogP) is -4.34. The number of hydrogen-bond acceptors (Lipinski definition) is 8. The van der Waals surface area contributed by atoms with Crippen molar-refractivity contribution in [3.8, 4) is 0 Å². The van der Waals surface area contributed by atoms with Gasteiger partial charge in [0.25, 0.3) is 0 Å². The smallest absolute Gasteiger partial charge is 0.326 e. The minimum absolute atomic E-state index is 0.119. The van der Waals surface area contributed by atoms with E-state index >= 15 is 0 Å². The lowest BCUT2D eigenvalue weighted by molar-refractivity contribution is -0.142. The number of carbonyl (C=O) groups excluding carboxylic acids is 3. The summed E-state index contributed by atoms with van der Waals surface area (Å²) in [5.74, 6) is -3.47. The Morgan fingerprint density at radius 2 is 1.58 bits per heavy atom. The van der Waals surface area contributed by atoms with Crippen LogP contribution in [0.1, 0.15) is 32.1 Å². The molecule has 0 spiro atoms. The minimum Gasteiger partial charge on any atom is -0.480 e. The Morgan fingerprint density at radius 3 is 2.13 bits per heavy atom. The molecule has 0 rings (SSSR count). The van der Waals surface area contributed by atoms with E-state index in [1.165, 1.54) is 0 Å². The monoisotopic (exact) mass is 446 g/mol. The van der Waals surface area contributed by atoms with Crippen molar-refractivity contribution in [1.82, 2.24) is 16.0 Å². The summed E-state index contributed by atoms with van der Waals surface area (Å²) in [6, 6.07) is -3.41. The van der Waals surface area contributed by atoms with E-state index in [-0.39, 0.29) is 25.3 Å². The van der Waals surface area contributed by atoms with Crippen molar-refractivity contribution < 1.29 is 29.4 Å². The van der Waals surface area contributed by atoms with Gasteiger partial charge in [0, 0.05) is 6.54 Å². The van der Waals surface area contributed by atoms with E-state index in [9.17, 15) is 24.3 Å². The van der Waals surface area contributed by atoms with Gasteiger partial charge in [-0.15, -0.1) is 0 Å². The van der Waals surface area contributed by atoms with Gasteiger partial charge in [0.2, 0.25) is 17.7 Å². The zero-order chi connectivity index (χ0) is 23.8. The largest absolute Gasteiger partial charge is 0.480 e. The van der Waals surface area contributed by atoms with Crippen LogP contribution in [0.3, 0.4) is 0 Å². The Hall–Kier alpha value is -2.97. The highest BCUT2D eigenvalue weighted by molar-refractivity contribution is 5.92. The number of aliphatic carboxylic acids is 1. The van der Waals surface area contributed by atoms with Crippen LogP contribution in [0.15, 0.2) is 4.99 Å². The summed E-state index contributed by atoms with van der Waals surface area (Å²) >= 11 is 0. The summed E-state index contributed by atoms with van der Waals surface area (Å²) in [5.41, 5.74) is 21.2. The van der Waals surface area contributed by atoms with E-state index < -0.39 is 55.0 Å². The maximum atomic E-state index is 12.6. The number of carbonyl (C=O) groups is 4. The highest BCUT2D eigenvalue weighted by Crippen LogP contribution is 2.04. The van der Waals surface area contributed by atoms with Crippen LogP contribution in [-0.4, -0.2) is 84.2 Å². The molecule has 14 heteroatoms. The van der Waals surface area contributed by atoms with Gasteiger partial charge in [-0.1, -0.05) is 0 Å². The number of nitrogens with one attached hydrogen (secondary N) is 3. The predicted molar refractivity (Wildman–Crippen MR) is 112 cm³/mol. The number of hydrogen-bond donors (Lipinski definition) is 9. The second-order valence-electron chi connectivity index (χ2n) is 6.76. The van der Waals surface area contributed by atoms with Gasteiger partial charge in [0.05, 0.1) is 13.2 Å². The Kier molecular flexibility index (Phi) is 14.3. The van der Waals surface area contributed by atoms with E-state index in [0.29, 0.717) is 25.8 Å². The Morgan fingerprint density at radius 1 is 0.935 bits per heavy atom. The van der Waals surface area contributed by atoms with E-state index in [2.05, 4.69) is 20.9 Å². The first-order valence-corrected chi connectivity index (χ1v) is 9.84. The molecule has 3 unspecified atom stereocenters. The van der Waals surface area contributed by atoms with E-state index in [4.69, 9.17) is 28.0 Å². The van der Waals surface area contributed by atoms with E-state index in [1.807, 2.05) is 0 Å². The molecule has 178 valence electrons. The van der Waals surface area contributed by atoms with Crippen molar-refractivity contribution in [2.24, 2.45) is 27.9 Å². The Bertz CT molecular complexity index is 626. The van der Waals surface area contributed by atoms with Crippen LogP contribution in [0.5, 0.6) is 0 Å². The topological polar surface area (TPSA) is 261 Å². The zero-order valence-corrected chi connectivity index (χ0v) is 17.4. The molecule has 0 aromatic carbocycles. The van der Waals surface area contributed by atoms with Gasteiger partial charge in [-0.3, -0.25) is 19.4 Å². The summed E-state index contributed by atoms with van der Waals surface area (Å²) in [5, 5.41) is 25.2. The number of guanidine groups is 1. The van der Waals surface area contributed by atoms with E-state index in [0.717, 1.165) is 0 Å². The molecule has 0 saturated heterocycles. The first kappa shape index (κ1) is 28.0. The molecule has 14 nitrogen and oxygen atoms in total. The molecule has 0 aliphatic heterocycles. The molecule has 0 saturated carbocycles. The molecular weight excluding hydrogens is 412 g/mol. The number of aliphatic hydroxyl groups is 1. The van der Waals surface area contributed by atoms with Crippen LogP contribution in [0.4, 0.5) is 0 Å². The lowest BCUT2D eigenvalue weighted by Crippen LogP contribution is -2.54. The number of aliphatic hydroxyl groups excluding tert-OH is 1. The molecule has 0 aromatic heterocycles. The first-order valence-electron chi connectivity index (χ1n) is 9.84. The molecule has 0 heterocycles. The Balaban J connectivity index is 5.01. The molecule has 0 fully saturated rings. The standard InChI is InChI=1S/C17H34N8O6/c18-6-2-1-4-12(16(30)31)25-15(29)11(5-3-7-22-17(20)21)24-13(27)8-23-14(28)10(19)9-26/h10-12,26H,1-9,18-19H2,(H,23,28)(H,24,27)(H,25,29)(H,30,31)(H4,20,21,22). The SMILES string of the molecule is NCCCCC(NC(=O)C(CCCN=C(N)N)NC(=O)CNC(=O)C(N)CO)C(=O)O. The van der Waals surface area contributed by atoms with Crippen molar-refractivity contribution in [1.29, 1.82) is 0 Å². The average molecular weight is 447 g/mol. The van der Waals surface area contributed by atoms with Crippen LogP contribution >= 0.6 is 0 Å². The Labute approximate surface area is 180 Å². The highest BCUT2D eigenvalue weighted by atomic mass is 16.4. The van der Waals surface area contributed by atoms with Crippen molar-refractivity contribution in [3.63, 3.8) is 0 Å². The summed E-state index contributed by atoms with van der Waals surface area (Å²) < 4.78 is 0. The molecule has 0 aliphatic rings. The van der Waals surface area contributed by atoms with Crippen molar-refractivity contribution >= 4 is 29.7 Å². The summed E-state index contributed by atoms with van der Waals surface area (Å²) in [7, 11) is 0. The van der Waals surface area contributed by atoms with Crippen LogP contribution in [0, 0.1) is 0 Å². The average Bonchev–Trinajstić information content (AvgIpc) is 2.72. The number of carboxylic acids is 1. The van der Waals surface area contributed by atoms with Gasteiger partial charge >= 0.3 is 5.97 Å². The number of aliphatic imine (C=N–C) groups is 1. The third kappa shape index (κ3) is 13.0. The number of unbranched alkanes of at least 4 members (excludes halogenated alkanes) is 1. The van der Waals surface area contributed by atoms with Crippen molar-refractivity contribution in [3.05, 3.63) is 0 Å². The molecule has 0 aliphatic carbocycles. The van der Waals surface area contributed by atoms with Gasteiger partial charge in [-0.25, -0.2) is 4.79 Å². The normalized spacial score (nSPS) is 13.4. The van der Waals surface area contributed by atoms with E-state index in [1.54, 1.807) is 0 Å². The first-order chi connectivity index (χ1) is 14.6. The fourth-order valence-corrected chi connectivity index (χ4v) is 2.42. The van der Waals surface area contributed by atoms with Crippen LogP contribution in [0.2, 0.25) is 0 Å². The van der Waals surface area contributed by atoms with Gasteiger partial charge < -0.3 is 49.1 Å². The molecule has 0 bridgehead atoms. The second kappa shape index (κ2) is 15.8. The van der Waals surface area contributed by atoms with Crippen LogP contribution < -0.4 is 38.9 Å². The quantitative estimate of drug-likeness (QED) is 0.0624. The van der Waals surface area contributed by atoms with Crippen LogP contribution in [0.25, 0.3) is 0 Å². The fourth-order valence-electron chi connectivity index (χ4n) is 2.42.